The molecular formula is C12H7BrF4N2O4S. The Morgan fingerprint density at radius 2 is 1.96 bits per heavy atom. The molecular weight excluding hydrogens is 424 g/mol. The smallest absolute Gasteiger partial charge is 0.354 e. The van der Waals surface area contributed by atoms with E-state index in [0.717, 1.165) is 17.0 Å². The first kappa shape index (κ1) is 18.4. The van der Waals surface area contributed by atoms with Crippen molar-refractivity contribution in [2.45, 2.75) is 12.1 Å². The normalized spacial score (nSPS) is 12.2. The highest BCUT2D eigenvalue weighted by Crippen LogP contribution is 2.28. The van der Waals surface area contributed by atoms with Crippen LogP contribution in [0.2, 0.25) is 0 Å². The second-order valence-corrected chi connectivity index (χ2v) is 6.74. The van der Waals surface area contributed by atoms with Crippen molar-refractivity contribution in [3.05, 3.63) is 56.8 Å². The Balaban J connectivity index is 2.34. The van der Waals surface area contributed by atoms with Crippen molar-refractivity contribution in [3.63, 3.8) is 0 Å². The molecule has 0 amide bonds. The van der Waals surface area contributed by atoms with Crippen LogP contribution in [0.15, 0.2) is 39.9 Å². The fourth-order valence-corrected chi connectivity index (χ4v) is 2.55. The molecule has 2 aromatic rings. The van der Waals surface area contributed by atoms with Crippen LogP contribution in [-0.2, 0) is 16.7 Å². The Kier molecular flexibility index (Phi) is 4.99. The van der Waals surface area contributed by atoms with Crippen LogP contribution in [0.5, 0.6) is 5.88 Å². The largest absolute Gasteiger partial charge is 0.534 e. The van der Waals surface area contributed by atoms with Gasteiger partial charge in [0, 0.05) is 0 Å². The van der Waals surface area contributed by atoms with E-state index >= 15 is 0 Å². The molecule has 2 rings (SSSR count). The summed E-state index contributed by atoms with van der Waals surface area (Å²) in [6.07, 6.45) is 0.791. The SMILES string of the molecule is O=c1c(Br)c(OS(=O)(=O)C(F)(F)F)ncn1Cc1cccc(F)c1. The zero-order valence-corrected chi connectivity index (χ0v) is 13.8. The third-order valence-electron chi connectivity index (χ3n) is 2.66. The zero-order chi connectivity index (χ0) is 18.1. The van der Waals surface area contributed by atoms with Crippen molar-refractivity contribution in [3.8, 4) is 5.88 Å². The number of nitrogens with zero attached hydrogens (tertiary/aromatic N) is 2. The molecule has 0 radical (unpaired) electrons. The lowest BCUT2D eigenvalue weighted by molar-refractivity contribution is -0.0501. The van der Waals surface area contributed by atoms with Gasteiger partial charge in [0.15, 0.2) is 0 Å². The van der Waals surface area contributed by atoms with Gasteiger partial charge in [-0.3, -0.25) is 9.36 Å². The van der Waals surface area contributed by atoms with Crippen molar-refractivity contribution in [1.82, 2.24) is 9.55 Å². The minimum Gasteiger partial charge on any atom is -0.354 e. The quantitative estimate of drug-likeness (QED) is 0.422. The highest BCUT2D eigenvalue weighted by atomic mass is 79.9. The van der Waals surface area contributed by atoms with Crippen LogP contribution in [0, 0.1) is 5.82 Å². The lowest BCUT2D eigenvalue weighted by atomic mass is 10.2. The number of benzene rings is 1. The summed E-state index contributed by atoms with van der Waals surface area (Å²) in [7, 11) is -5.96. The highest BCUT2D eigenvalue weighted by Gasteiger charge is 2.49. The van der Waals surface area contributed by atoms with Crippen LogP contribution >= 0.6 is 15.9 Å². The molecule has 0 saturated heterocycles. The van der Waals surface area contributed by atoms with Crippen molar-refractivity contribution >= 4 is 26.0 Å². The first-order valence-electron chi connectivity index (χ1n) is 6.01. The van der Waals surface area contributed by atoms with Gasteiger partial charge in [-0.05, 0) is 33.6 Å². The van der Waals surface area contributed by atoms with E-state index in [2.05, 4.69) is 25.1 Å². The molecule has 0 aliphatic heterocycles. The fraction of sp³-hybridized carbons (Fsp3) is 0.167. The maximum atomic E-state index is 13.1. The molecule has 0 bridgehead atoms. The van der Waals surface area contributed by atoms with E-state index in [9.17, 15) is 30.8 Å². The number of aromatic nitrogens is 2. The van der Waals surface area contributed by atoms with Gasteiger partial charge < -0.3 is 4.18 Å². The highest BCUT2D eigenvalue weighted by molar-refractivity contribution is 9.10. The van der Waals surface area contributed by atoms with Crippen molar-refractivity contribution in [1.29, 1.82) is 0 Å². The monoisotopic (exact) mass is 430 g/mol. The first-order chi connectivity index (χ1) is 11.0. The molecule has 6 nitrogen and oxygen atoms in total. The van der Waals surface area contributed by atoms with Gasteiger partial charge in [0.2, 0.25) is 0 Å². The third kappa shape index (κ3) is 3.93. The first-order valence-corrected chi connectivity index (χ1v) is 8.21. The molecule has 0 N–H and O–H groups in total. The third-order valence-corrected chi connectivity index (χ3v) is 4.29. The van der Waals surface area contributed by atoms with Crippen LogP contribution in [-0.4, -0.2) is 23.5 Å². The standard InChI is InChI=1S/C12H7BrF4N2O4S/c13-9-10(23-24(21,22)12(15,16)17)18-6-19(11(9)20)5-7-2-1-3-8(14)4-7/h1-4,6H,5H2. The summed E-state index contributed by atoms with van der Waals surface area (Å²) in [5.74, 6) is -1.59. The van der Waals surface area contributed by atoms with Crippen LogP contribution in [0.25, 0.3) is 0 Å². The van der Waals surface area contributed by atoms with E-state index in [1.165, 1.54) is 18.2 Å². The van der Waals surface area contributed by atoms with Crippen LogP contribution in [0.1, 0.15) is 5.56 Å². The molecule has 24 heavy (non-hydrogen) atoms. The van der Waals surface area contributed by atoms with E-state index in [0.29, 0.717) is 5.56 Å². The Labute approximate surface area is 141 Å². The van der Waals surface area contributed by atoms with E-state index < -0.39 is 37.4 Å². The van der Waals surface area contributed by atoms with Gasteiger partial charge in [-0.25, -0.2) is 9.37 Å². The van der Waals surface area contributed by atoms with Crippen LogP contribution in [0.3, 0.4) is 0 Å². The number of halogens is 5. The molecule has 1 aromatic heterocycles. The van der Waals surface area contributed by atoms with E-state index in [1.807, 2.05) is 0 Å². The average Bonchev–Trinajstić information content (AvgIpc) is 2.46. The predicted octanol–water partition coefficient (Wildman–Crippen LogP) is 2.42. The number of alkyl halides is 3. The van der Waals surface area contributed by atoms with Crippen molar-refractivity contribution in [2.75, 3.05) is 0 Å². The Hall–Kier alpha value is -1.95. The predicted molar refractivity (Wildman–Crippen MR) is 77.3 cm³/mol. The van der Waals surface area contributed by atoms with Gasteiger partial charge in [0.05, 0.1) is 6.54 Å². The molecule has 1 aromatic carbocycles. The van der Waals surface area contributed by atoms with Gasteiger partial charge >= 0.3 is 15.6 Å². The summed E-state index contributed by atoms with van der Waals surface area (Å²) < 4.78 is 76.0. The molecule has 0 unspecified atom stereocenters. The number of hydrogen-bond acceptors (Lipinski definition) is 5. The van der Waals surface area contributed by atoms with Crippen LogP contribution < -0.4 is 9.74 Å². The Morgan fingerprint density at radius 3 is 2.54 bits per heavy atom. The Bertz CT molecular complexity index is 927. The molecule has 0 spiro atoms. The maximum Gasteiger partial charge on any atom is 0.534 e. The van der Waals surface area contributed by atoms with Gasteiger partial charge in [-0.2, -0.15) is 21.6 Å². The topological polar surface area (TPSA) is 78.3 Å². The summed E-state index contributed by atoms with van der Waals surface area (Å²) in [6, 6.07) is 5.27. The van der Waals surface area contributed by atoms with Crippen molar-refractivity contribution in [2.24, 2.45) is 0 Å². The van der Waals surface area contributed by atoms with E-state index in [-0.39, 0.29) is 6.54 Å². The lowest BCUT2D eigenvalue weighted by Crippen LogP contribution is -2.30. The number of rotatable bonds is 4. The van der Waals surface area contributed by atoms with Gasteiger partial charge in [0.25, 0.3) is 11.4 Å². The lowest BCUT2D eigenvalue weighted by Gasteiger charge is -2.11. The van der Waals surface area contributed by atoms with Crippen molar-refractivity contribution < 1.29 is 30.2 Å². The second kappa shape index (κ2) is 6.51. The minimum atomic E-state index is -5.96. The Morgan fingerprint density at radius 1 is 1.29 bits per heavy atom. The summed E-state index contributed by atoms with van der Waals surface area (Å²) in [4.78, 5) is 15.4. The molecule has 130 valence electrons. The molecule has 0 fully saturated rings. The average molecular weight is 431 g/mol. The summed E-state index contributed by atoms with van der Waals surface area (Å²) >= 11 is 2.65. The minimum absolute atomic E-state index is 0.130. The molecule has 0 aliphatic carbocycles. The van der Waals surface area contributed by atoms with Gasteiger partial charge in [-0.1, -0.05) is 12.1 Å². The van der Waals surface area contributed by atoms with E-state index in [1.54, 1.807) is 0 Å². The fourth-order valence-electron chi connectivity index (χ4n) is 1.60. The summed E-state index contributed by atoms with van der Waals surface area (Å²) in [5, 5.41) is 0. The van der Waals surface area contributed by atoms with Gasteiger partial charge in [0.1, 0.15) is 16.6 Å². The zero-order valence-electron chi connectivity index (χ0n) is 11.4. The molecule has 1 heterocycles. The molecule has 0 saturated carbocycles. The van der Waals surface area contributed by atoms with Gasteiger partial charge in [-0.15, -0.1) is 0 Å². The van der Waals surface area contributed by atoms with Crippen LogP contribution in [0.4, 0.5) is 17.6 Å². The molecule has 12 heteroatoms. The molecule has 0 atom stereocenters. The summed E-state index contributed by atoms with van der Waals surface area (Å²) in [5.41, 5.74) is -6.17. The maximum absolute atomic E-state index is 13.1. The molecule has 0 aliphatic rings. The van der Waals surface area contributed by atoms with E-state index in [4.69, 9.17) is 0 Å². The number of hydrogen-bond donors (Lipinski definition) is 0. The summed E-state index contributed by atoms with van der Waals surface area (Å²) in [6.45, 7) is -0.130. The second-order valence-electron chi connectivity index (χ2n) is 4.41.